The maximum absolute atomic E-state index is 12.3. The molecule has 0 aliphatic heterocycles. The molecule has 0 spiro atoms. The van der Waals surface area contributed by atoms with Crippen LogP contribution >= 0.6 is 0 Å². The highest BCUT2D eigenvalue weighted by Gasteiger charge is 2.25. The number of carbonyl (C=O) groups is 2. The van der Waals surface area contributed by atoms with Crippen LogP contribution in [0.1, 0.15) is 34.6 Å². The molecule has 6 nitrogen and oxygen atoms in total. The molecule has 0 aliphatic rings. The normalized spacial score (nSPS) is 10.4. The summed E-state index contributed by atoms with van der Waals surface area (Å²) in [4.78, 5) is 26.7. The second-order valence-electron chi connectivity index (χ2n) is 5.24. The Morgan fingerprint density at radius 3 is 1.83 bits per heavy atom. The number of hydrogen-bond donors (Lipinski definition) is 3. The highest BCUT2D eigenvalue weighted by Crippen LogP contribution is 2.33. The minimum atomic E-state index is -1.04. The average Bonchev–Trinajstić information content (AvgIpc) is 2.55. The van der Waals surface area contributed by atoms with E-state index in [0.29, 0.717) is 0 Å². The molecule has 0 bridgehead atoms. The molecule has 0 amide bonds. The fourth-order valence-electron chi connectivity index (χ4n) is 2.49. The Morgan fingerprint density at radius 1 is 0.875 bits per heavy atom. The summed E-state index contributed by atoms with van der Waals surface area (Å²) in [7, 11) is 0. The van der Waals surface area contributed by atoms with Crippen LogP contribution in [0.5, 0.6) is 17.2 Å². The van der Waals surface area contributed by atoms with E-state index in [9.17, 15) is 24.9 Å². The van der Waals surface area contributed by atoms with Crippen molar-refractivity contribution in [3.63, 3.8) is 0 Å². The third kappa shape index (κ3) is 3.32. The van der Waals surface area contributed by atoms with Crippen LogP contribution in [0.2, 0.25) is 0 Å². The molecule has 0 aromatic heterocycles. The molecule has 0 atom stereocenters. The molecule has 2 aromatic rings. The van der Waals surface area contributed by atoms with E-state index in [0.717, 1.165) is 30.9 Å². The van der Waals surface area contributed by atoms with Gasteiger partial charge < -0.3 is 20.2 Å². The molecule has 2 rings (SSSR count). The Kier molecular flexibility index (Phi) is 5.08. The monoisotopic (exact) mass is 329 g/mol. The molecular weight excluding hydrogens is 310 g/mol. The number of phenols is 3. The molecule has 0 heterocycles. The van der Waals surface area contributed by atoms with Gasteiger partial charge in [-0.3, -0.25) is 9.59 Å². The molecule has 126 valence electrons. The van der Waals surface area contributed by atoms with E-state index in [-0.39, 0.29) is 5.56 Å². The zero-order valence-electron chi connectivity index (χ0n) is 13.5. The molecule has 0 saturated carbocycles. The van der Waals surface area contributed by atoms with Crippen LogP contribution in [-0.4, -0.2) is 40.0 Å². The van der Waals surface area contributed by atoms with Gasteiger partial charge in [-0.25, -0.2) is 0 Å². The molecule has 0 aliphatic carbocycles. The van der Waals surface area contributed by atoms with Gasteiger partial charge >= 0.3 is 0 Å². The Morgan fingerprint density at radius 2 is 1.38 bits per heavy atom. The van der Waals surface area contributed by atoms with Gasteiger partial charge in [0.25, 0.3) is 0 Å². The number of anilines is 1. The van der Waals surface area contributed by atoms with Gasteiger partial charge in [-0.15, -0.1) is 0 Å². The average molecular weight is 329 g/mol. The van der Waals surface area contributed by atoms with Gasteiger partial charge in [0.15, 0.2) is 0 Å². The summed E-state index contributed by atoms with van der Waals surface area (Å²) in [6, 6.07) is 8.33. The lowest BCUT2D eigenvalue weighted by atomic mass is 9.99. The Bertz CT molecular complexity index is 740. The summed E-state index contributed by atoms with van der Waals surface area (Å²) in [5, 5.41) is 28.7. The van der Waals surface area contributed by atoms with Crippen LogP contribution in [0, 0.1) is 0 Å². The summed E-state index contributed by atoms with van der Waals surface area (Å²) in [6.45, 7) is 5.67. The van der Waals surface area contributed by atoms with Gasteiger partial charge in [-0.2, -0.15) is 0 Å². The molecule has 6 heteroatoms. The van der Waals surface area contributed by atoms with Crippen LogP contribution in [0.15, 0.2) is 36.4 Å². The minimum Gasteiger partial charge on any atom is -0.508 e. The van der Waals surface area contributed by atoms with Crippen molar-refractivity contribution in [2.45, 2.75) is 13.8 Å². The van der Waals surface area contributed by atoms with E-state index in [1.54, 1.807) is 12.1 Å². The van der Waals surface area contributed by atoms with Gasteiger partial charge in [-0.05, 0) is 38.1 Å². The van der Waals surface area contributed by atoms with Crippen molar-refractivity contribution in [2.24, 2.45) is 0 Å². The van der Waals surface area contributed by atoms with Crippen LogP contribution in [-0.2, 0) is 0 Å². The summed E-state index contributed by atoms with van der Waals surface area (Å²) in [6.07, 6.45) is 0. The number of phenolic OH excluding ortho intramolecular Hbond substituents is 3. The van der Waals surface area contributed by atoms with E-state index < -0.39 is 34.4 Å². The lowest BCUT2D eigenvalue weighted by Gasteiger charge is -2.20. The third-order valence-corrected chi connectivity index (χ3v) is 3.77. The van der Waals surface area contributed by atoms with E-state index in [1.807, 2.05) is 13.8 Å². The number of hydrogen-bond acceptors (Lipinski definition) is 6. The van der Waals surface area contributed by atoms with Crippen LogP contribution in [0.3, 0.4) is 0 Å². The molecule has 24 heavy (non-hydrogen) atoms. The van der Waals surface area contributed by atoms with Crippen LogP contribution < -0.4 is 4.90 Å². The van der Waals surface area contributed by atoms with Crippen molar-refractivity contribution in [3.05, 3.63) is 47.5 Å². The number of aromatic hydroxyl groups is 3. The number of benzene rings is 2. The smallest absolute Gasteiger partial charge is 0.240 e. The quantitative estimate of drug-likeness (QED) is 0.557. The van der Waals surface area contributed by atoms with E-state index in [1.165, 1.54) is 12.1 Å². The lowest BCUT2D eigenvalue weighted by Crippen LogP contribution is -2.22. The van der Waals surface area contributed by atoms with Gasteiger partial charge in [0, 0.05) is 36.5 Å². The van der Waals surface area contributed by atoms with Crippen molar-refractivity contribution < 1.29 is 24.9 Å². The number of carbonyl (C=O) groups excluding carboxylic acids is 2. The standard InChI is InChI=1S/C18H19NO5/c1-3-19(4-2)12-7-5-11(6-8-12)17(23)18(24)16-14(21)9-13(20)10-15(16)22/h5-10,20-22H,3-4H2,1-2H3. The molecule has 0 unspecified atom stereocenters. The largest absolute Gasteiger partial charge is 0.508 e. The van der Waals surface area contributed by atoms with Crippen molar-refractivity contribution in [1.82, 2.24) is 0 Å². The fraction of sp³-hybridized carbons (Fsp3) is 0.222. The van der Waals surface area contributed by atoms with E-state index >= 15 is 0 Å². The summed E-state index contributed by atoms with van der Waals surface area (Å²) in [5.74, 6) is -3.59. The lowest BCUT2D eigenvalue weighted by molar-refractivity contribution is 0.0813. The van der Waals surface area contributed by atoms with Gasteiger partial charge in [0.1, 0.15) is 22.8 Å². The van der Waals surface area contributed by atoms with Crippen molar-refractivity contribution >= 4 is 17.3 Å². The number of ketones is 2. The number of rotatable bonds is 6. The molecule has 3 N–H and O–H groups in total. The first kappa shape index (κ1) is 17.3. The molecule has 2 aromatic carbocycles. The molecule has 0 radical (unpaired) electrons. The summed E-state index contributed by atoms with van der Waals surface area (Å²) < 4.78 is 0. The minimum absolute atomic E-state index is 0.155. The summed E-state index contributed by atoms with van der Waals surface area (Å²) >= 11 is 0. The fourth-order valence-corrected chi connectivity index (χ4v) is 2.49. The van der Waals surface area contributed by atoms with E-state index in [4.69, 9.17) is 0 Å². The highest BCUT2D eigenvalue weighted by molar-refractivity contribution is 6.50. The number of Topliss-reactive ketones (excluding diaryl/α,β-unsaturated/α-hetero) is 2. The first-order valence-electron chi connectivity index (χ1n) is 7.58. The zero-order valence-corrected chi connectivity index (χ0v) is 13.5. The van der Waals surface area contributed by atoms with Crippen molar-refractivity contribution in [1.29, 1.82) is 0 Å². The number of nitrogens with zero attached hydrogens (tertiary/aromatic N) is 1. The Labute approximate surface area is 139 Å². The van der Waals surface area contributed by atoms with Crippen molar-refractivity contribution in [3.8, 4) is 17.2 Å². The maximum atomic E-state index is 12.3. The predicted octanol–water partition coefficient (Wildman–Crippen LogP) is 2.72. The zero-order chi connectivity index (χ0) is 17.9. The second kappa shape index (κ2) is 7.04. The Balaban J connectivity index is 2.31. The van der Waals surface area contributed by atoms with Crippen LogP contribution in [0.4, 0.5) is 5.69 Å². The maximum Gasteiger partial charge on any atom is 0.240 e. The van der Waals surface area contributed by atoms with Gasteiger partial charge in [0.05, 0.1) is 0 Å². The van der Waals surface area contributed by atoms with Gasteiger partial charge in [-0.1, -0.05) is 0 Å². The topological polar surface area (TPSA) is 98.1 Å². The Hall–Kier alpha value is -3.02. The summed E-state index contributed by atoms with van der Waals surface area (Å²) in [5.41, 5.74) is 0.563. The predicted molar refractivity (Wildman–Crippen MR) is 90.1 cm³/mol. The molecule has 0 saturated heterocycles. The molecular formula is C18H19NO5. The molecule has 0 fully saturated rings. The van der Waals surface area contributed by atoms with Crippen LogP contribution in [0.25, 0.3) is 0 Å². The SMILES string of the molecule is CCN(CC)c1ccc(C(=O)C(=O)c2c(O)cc(O)cc2O)cc1. The highest BCUT2D eigenvalue weighted by atomic mass is 16.3. The van der Waals surface area contributed by atoms with E-state index in [2.05, 4.69) is 4.90 Å². The second-order valence-corrected chi connectivity index (χ2v) is 5.24. The third-order valence-electron chi connectivity index (χ3n) is 3.77. The first-order chi connectivity index (χ1) is 11.4. The first-order valence-corrected chi connectivity index (χ1v) is 7.58. The van der Waals surface area contributed by atoms with Gasteiger partial charge in [0.2, 0.25) is 11.6 Å². The van der Waals surface area contributed by atoms with Crippen molar-refractivity contribution in [2.75, 3.05) is 18.0 Å².